The van der Waals surface area contributed by atoms with Crippen molar-refractivity contribution in [2.45, 2.75) is 4.90 Å². The first-order chi connectivity index (χ1) is 14.2. The van der Waals surface area contributed by atoms with Crippen LogP contribution in [0.25, 0.3) is 0 Å². The lowest BCUT2D eigenvalue weighted by molar-refractivity contribution is -0.114. The van der Waals surface area contributed by atoms with Gasteiger partial charge >= 0.3 is 0 Å². The summed E-state index contributed by atoms with van der Waals surface area (Å²) in [7, 11) is -4.09. The van der Waals surface area contributed by atoms with Gasteiger partial charge in [-0.25, -0.2) is 8.42 Å². The fraction of sp³-hybridized carbons (Fsp3) is 0.0500. The van der Waals surface area contributed by atoms with Crippen molar-refractivity contribution >= 4 is 73.7 Å². The zero-order chi connectivity index (χ0) is 21.9. The van der Waals surface area contributed by atoms with Crippen LogP contribution in [0.3, 0.4) is 0 Å². The minimum Gasteiger partial charge on any atom is -0.324 e. The second kappa shape index (κ2) is 9.45. The molecule has 3 rings (SSSR count). The van der Waals surface area contributed by atoms with Gasteiger partial charge in [0.2, 0.25) is 5.91 Å². The molecule has 0 atom stereocenters. The standard InChI is InChI=1S/C20H14Cl4N2O3S/c21-13-6-9-19(18(24)10-13)26(30(28,29)15-4-2-1-3-5-15)12-20(27)25-14-7-8-16(22)17(23)11-14/h1-11H,12H2,(H,25,27). The Kier molecular flexibility index (Phi) is 7.16. The summed E-state index contributed by atoms with van der Waals surface area (Å²) in [5, 5.41) is 3.61. The van der Waals surface area contributed by atoms with Crippen molar-refractivity contribution in [1.82, 2.24) is 0 Å². The van der Waals surface area contributed by atoms with E-state index < -0.39 is 22.5 Å². The second-order valence-corrected chi connectivity index (χ2v) is 9.62. The van der Waals surface area contributed by atoms with Crippen LogP contribution < -0.4 is 9.62 Å². The Balaban J connectivity index is 1.97. The number of hydrogen-bond acceptors (Lipinski definition) is 3. The second-order valence-electron chi connectivity index (χ2n) is 6.10. The molecule has 0 saturated heterocycles. The quantitative estimate of drug-likeness (QED) is 0.439. The Hall–Kier alpha value is -1.96. The Morgan fingerprint density at radius 3 is 2.17 bits per heavy atom. The van der Waals surface area contributed by atoms with Gasteiger partial charge in [0, 0.05) is 10.7 Å². The van der Waals surface area contributed by atoms with Gasteiger partial charge in [0.1, 0.15) is 6.54 Å². The molecule has 5 nitrogen and oxygen atoms in total. The lowest BCUT2D eigenvalue weighted by atomic mass is 10.3. The van der Waals surface area contributed by atoms with Crippen LogP contribution in [0.2, 0.25) is 20.1 Å². The van der Waals surface area contributed by atoms with Gasteiger partial charge in [0.05, 0.1) is 25.7 Å². The molecule has 0 fully saturated rings. The number of nitrogens with zero attached hydrogens (tertiary/aromatic N) is 1. The topological polar surface area (TPSA) is 66.5 Å². The van der Waals surface area contributed by atoms with E-state index in [1.165, 1.54) is 42.5 Å². The fourth-order valence-electron chi connectivity index (χ4n) is 2.61. The molecule has 0 aromatic heterocycles. The van der Waals surface area contributed by atoms with Gasteiger partial charge in [-0.05, 0) is 48.5 Å². The first-order valence-electron chi connectivity index (χ1n) is 8.46. The number of benzene rings is 3. The van der Waals surface area contributed by atoms with Gasteiger partial charge in [-0.15, -0.1) is 0 Å². The summed E-state index contributed by atoms with van der Waals surface area (Å²) in [6.45, 7) is -0.529. The van der Waals surface area contributed by atoms with Crippen LogP contribution in [-0.4, -0.2) is 20.9 Å². The molecule has 156 valence electrons. The summed E-state index contributed by atoms with van der Waals surface area (Å²) in [6, 6.07) is 16.6. The number of carbonyl (C=O) groups is 1. The Labute approximate surface area is 194 Å². The summed E-state index contributed by atoms with van der Waals surface area (Å²) < 4.78 is 27.5. The molecule has 0 bridgehead atoms. The van der Waals surface area contributed by atoms with E-state index in [4.69, 9.17) is 46.4 Å². The van der Waals surface area contributed by atoms with Crippen molar-refractivity contribution in [3.63, 3.8) is 0 Å². The van der Waals surface area contributed by atoms with Crippen LogP contribution >= 0.6 is 46.4 Å². The molecule has 3 aromatic rings. The molecule has 0 saturated carbocycles. The number of sulfonamides is 1. The molecular formula is C20H14Cl4N2O3S. The highest BCUT2D eigenvalue weighted by Gasteiger charge is 2.28. The van der Waals surface area contributed by atoms with Gasteiger partial charge in [-0.2, -0.15) is 0 Å². The molecule has 0 aliphatic rings. The smallest absolute Gasteiger partial charge is 0.264 e. The molecule has 3 aromatic carbocycles. The zero-order valence-electron chi connectivity index (χ0n) is 15.2. The predicted octanol–water partition coefficient (Wildman–Crippen LogP) is 6.13. The Morgan fingerprint density at radius 1 is 0.833 bits per heavy atom. The van der Waals surface area contributed by atoms with Gasteiger partial charge in [-0.3, -0.25) is 9.10 Å². The Bertz CT molecular complexity index is 1190. The maximum absolute atomic E-state index is 13.3. The monoisotopic (exact) mass is 502 g/mol. The van der Waals surface area contributed by atoms with Crippen molar-refractivity contribution < 1.29 is 13.2 Å². The average Bonchev–Trinajstić information content (AvgIpc) is 2.70. The molecule has 0 aliphatic heterocycles. The maximum Gasteiger partial charge on any atom is 0.264 e. The van der Waals surface area contributed by atoms with E-state index in [0.717, 1.165) is 4.31 Å². The molecule has 0 aliphatic carbocycles. The zero-order valence-corrected chi connectivity index (χ0v) is 19.0. The number of amides is 1. The molecule has 10 heteroatoms. The van der Waals surface area contributed by atoms with E-state index in [1.807, 2.05) is 0 Å². The highest BCUT2D eigenvalue weighted by molar-refractivity contribution is 7.92. The van der Waals surface area contributed by atoms with E-state index in [0.29, 0.717) is 15.7 Å². The van der Waals surface area contributed by atoms with Crippen LogP contribution in [-0.2, 0) is 14.8 Å². The number of halogens is 4. The van der Waals surface area contributed by atoms with Crippen molar-refractivity contribution in [2.24, 2.45) is 0 Å². The third-order valence-electron chi connectivity index (χ3n) is 4.00. The maximum atomic E-state index is 13.3. The van der Waals surface area contributed by atoms with E-state index in [9.17, 15) is 13.2 Å². The number of hydrogen-bond donors (Lipinski definition) is 1. The van der Waals surface area contributed by atoms with E-state index >= 15 is 0 Å². The molecule has 0 heterocycles. The molecule has 0 radical (unpaired) electrons. The van der Waals surface area contributed by atoms with Crippen molar-refractivity contribution in [3.8, 4) is 0 Å². The van der Waals surface area contributed by atoms with Crippen LogP contribution in [0.5, 0.6) is 0 Å². The number of rotatable bonds is 6. The third-order valence-corrected chi connectivity index (χ3v) is 7.05. The van der Waals surface area contributed by atoms with Crippen molar-refractivity contribution in [2.75, 3.05) is 16.2 Å². The third kappa shape index (κ3) is 5.20. The number of anilines is 2. The van der Waals surface area contributed by atoms with Gasteiger partial charge in [0.15, 0.2) is 0 Å². The van der Waals surface area contributed by atoms with E-state index in [1.54, 1.807) is 24.3 Å². The molecule has 30 heavy (non-hydrogen) atoms. The molecule has 1 amide bonds. The minimum atomic E-state index is -4.09. The lowest BCUT2D eigenvalue weighted by Crippen LogP contribution is -2.38. The number of carbonyl (C=O) groups excluding carboxylic acids is 1. The predicted molar refractivity (Wildman–Crippen MR) is 123 cm³/mol. The van der Waals surface area contributed by atoms with Crippen LogP contribution in [0.15, 0.2) is 71.6 Å². The summed E-state index contributed by atoms with van der Waals surface area (Å²) in [5.74, 6) is -0.598. The highest BCUT2D eigenvalue weighted by Crippen LogP contribution is 2.33. The molecule has 0 spiro atoms. The van der Waals surface area contributed by atoms with Crippen molar-refractivity contribution in [3.05, 3.63) is 86.8 Å². The molecule has 1 N–H and O–H groups in total. The summed E-state index contributed by atoms with van der Waals surface area (Å²) in [6.07, 6.45) is 0. The number of nitrogens with one attached hydrogen (secondary N) is 1. The summed E-state index contributed by atoms with van der Waals surface area (Å²) in [5.41, 5.74) is 0.489. The largest absolute Gasteiger partial charge is 0.324 e. The normalized spacial score (nSPS) is 11.2. The lowest BCUT2D eigenvalue weighted by Gasteiger charge is -2.25. The fourth-order valence-corrected chi connectivity index (χ4v) is 4.93. The summed E-state index contributed by atoms with van der Waals surface area (Å²) in [4.78, 5) is 12.7. The van der Waals surface area contributed by atoms with Crippen LogP contribution in [0, 0.1) is 0 Å². The first-order valence-corrected chi connectivity index (χ1v) is 11.4. The van der Waals surface area contributed by atoms with Gasteiger partial charge in [-0.1, -0.05) is 64.6 Å². The summed E-state index contributed by atoms with van der Waals surface area (Å²) >= 11 is 24.0. The van der Waals surface area contributed by atoms with Gasteiger partial charge < -0.3 is 5.32 Å². The van der Waals surface area contributed by atoms with Gasteiger partial charge in [0.25, 0.3) is 10.0 Å². The van der Waals surface area contributed by atoms with Crippen molar-refractivity contribution in [1.29, 1.82) is 0 Å². The molecular weight excluding hydrogens is 490 g/mol. The minimum absolute atomic E-state index is 0.0124. The molecule has 0 unspecified atom stereocenters. The highest BCUT2D eigenvalue weighted by atomic mass is 35.5. The first kappa shape index (κ1) is 22.7. The van der Waals surface area contributed by atoms with E-state index in [-0.39, 0.29) is 20.6 Å². The van der Waals surface area contributed by atoms with E-state index in [2.05, 4.69) is 5.32 Å². The SMILES string of the molecule is O=C(CN(c1ccc(Cl)cc1Cl)S(=O)(=O)c1ccccc1)Nc1ccc(Cl)c(Cl)c1. The van der Waals surface area contributed by atoms with Crippen LogP contribution in [0.1, 0.15) is 0 Å². The average molecular weight is 504 g/mol. The van der Waals surface area contributed by atoms with Crippen LogP contribution in [0.4, 0.5) is 11.4 Å². The Morgan fingerprint density at radius 2 is 1.53 bits per heavy atom.